The van der Waals surface area contributed by atoms with Crippen molar-refractivity contribution in [2.45, 2.75) is 23.4 Å². The molecule has 1 amide bonds. The fourth-order valence-corrected chi connectivity index (χ4v) is 5.14. The summed E-state index contributed by atoms with van der Waals surface area (Å²) < 4.78 is 65.9. The number of fused-ring (bicyclic) bond motifs is 1. The second-order valence-corrected chi connectivity index (χ2v) is 9.46. The molecule has 0 aliphatic carbocycles. The lowest BCUT2D eigenvalue weighted by molar-refractivity contribution is -0.137. The van der Waals surface area contributed by atoms with Gasteiger partial charge in [-0.25, -0.2) is 8.42 Å². The number of halogens is 3. The van der Waals surface area contributed by atoms with E-state index < -0.39 is 27.5 Å². The third-order valence-electron chi connectivity index (χ3n) is 5.10. The van der Waals surface area contributed by atoms with Crippen LogP contribution in [0.2, 0.25) is 0 Å². The minimum Gasteiger partial charge on any atom is -0.337 e. The summed E-state index contributed by atoms with van der Waals surface area (Å²) in [5.74, 6) is -0.679. The molecule has 0 saturated carbocycles. The highest BCUT2D eigenvalue weighted by Gasteiger charge is 2.30. The molecule has 0 spiro atoms. The number of para-hydroxylation sites is 1. The van der Waals surface area contributed by atoms with Gasteiger partial charge in [-0.1, -0.05) is 48.5 Å². The monoisotopic (exact) mass is 472 g/mol. The fraction of sp³-hybridized carbons (Fsp3) is 0.125. The third-order valence-corrected chi connectivity index (χ3v) is 6.81. The van der Waals surface area contributed by atoms with Crippen LogP contribution in [-0.4, -0.2) is 18.9 Å². The number of benzene rings is 3. The van der Waals surface area contributed by atoms with E-state index in [1.807, 2.05) is 0 Å². The number of carbonyl (C=O) groups is 1. The van der Waals surface area contributed by atoms with Crippen LogP contribution >= 0.6 is 0 Å². The second kappa shape index (κ2) is 8.74. The number of anilines is 1. The molecule has 5 nitrogen and oxygen atoms in total. The van der Waals surface area contributed by atoms with Gasteiger partial charge >= 0.3 is 6.18 Å². The van der Waals surface area contributed by atoms with Crippen molar-refractivity contribution in [1.82, 2.24) is 4.57 Å². The maximum Gasteiger partial charge on any atom is 0.416 e. The van der Waals surface area contributed by atoms with E-state index in [2.05, 4.69) is 5.32 Å². The standard InChI is InChI=1S/C24H19F3N2O3S/c25-24(26,27)18-10-12-19(13-11-18)28-23(30)15-29-14-22(20-8-4-5-9-21(20)29)33(31,32)16-17-6-2-1-3-7-17/h1-14H,15-16H2,(H,28,30). The largest absolute Gasteiger partial charge is 0.416 e. The van der Waals surface area contributed by atoms with Gasteiger partial charge in [0, 0.05) is 22.8 Å². The number of amides is 1. The van der Waals surface area contributed by atoms with E-state index in [0.29, 0.717) is 16.5 Å². The number of aromatic nitrogens is 1. The van der Waals surface area contributed by atoms with Gasteiger partial charge in [0.1, 0.15) is 6.54 Å². The van der Waals surface area contributed by atoms with E-state index >= 15 is 0 Å². The summed E-state index contributed by atoms with van der Waals surface area (Å²) >= 11 is 0. The number of hydrogen-bond donors (Lipinski definition) is 1. The van der Waals surface area contributed by atoms with Crippen LogP contribution in [0.5, 0.6) is 0 Å². The molecular formula is C24H19F3N2O3S. The topological polar surface area (TPSA) is 68.2 Å². The SMILES string of the molecule is O=C(Cn1cc(S(=O)(=O)Cc2ccccc2)c2ccccc21)Nc1ccc(C(F)(F)F)cc1. The first-order valence-corrected chi connectivity index (χ1v) is 11.6. The Kier molecular flexibility index (Phi) is 5.99. The molecule has 0 unspecified atom stereocenters. The van der Waals surface area contributed by atoms with E-state index in [9.17, 15) is 26.4 Å². The molecule has 4 aromatic rings. The van der Waals surface area contributed by atoms with E-state index in [4.69, 9.17) is 0 Å². The zero-order valence-electron chi connectivity index (χ0n) is 17.2. The lowest BCUT2D eigenvalue weighted by Gasteiger charge is -2.09. The van der Waals surface area contributed by atoms with Crippen LogP contribution in [0, 0.1) is 0 Å². The van der Waals surface area contributed by atoms with Crippen LogP contribution in [0.1, 0.15) is 11.1 Å². The Morgan fingerprint density at radius 3 is 2.18 bits per heavy atom. The average Bonchev–Trinajstić information content (AvgIpc) is 3.13. The summed E-state index contributed by atoms with van der Waals surface area (Å²) in [6.07, 6.45) is -3.04. The Balaban J connectivity index is 1.58. The first kappa shape index (κ1) is 22.6. The molecule has 1 aromatic heterocycles. The molecule has 0 bridgehead atoms. The molecule has 0 aliphatic heterocycles. The van der Waals surface area contributed by atoms with Gasteiger partial charge < -0.3 is 9.88 Å². The molecule has 3 aromatic carbocycles. The number of hydrogen-bond acceptors (Lipinski definition) is 3. The average molecular weight is 472 g/mol. The number of nitrogens with zero attached hydrogens (tertiary/aromatic N) is 1. The molecule has 0 atom stereocenters. The van der Waals surface area contributed by atoms with Crippen LogP contribution in [0.4, 0.5) is 18.9 Å². The molecule has 0 fully saturated rings. The molecule has 0 aliphatic rings. The summed E-state index contributed by atoms with van der Waals surface area (Å²) in [6.45, 7) is -0.206. The van der Waals surface area contributed by atoms with Crippen LogP contribution in [0.15, 0.2) is 90.0 Å². The zero-order chi connectivity index (χ0) is 23.6. The van der Waals surface area contributed by atoms with Crippen molar-refractivity contribution in [3.8, 4) is 0 Å². The first-order valence-electron chi connectivity index (χ1n) is 9.95. The summed E-state index contributed by atoms with van der Waals surface area (Å²) in [6, 6.07) is 19.7. The van der Waals surface area contributed by atoms with Gasteiger partial charge in [0.15, 0.2) is 9.84 Å². The van der Waals surface area contributed by atoms with Gasteiger partial charge in [0.25, 0.3) is 0 Å². The number of alkyl halides is 3. The van der Waals surface area contributed by atoms with Crippen molar-refractivity contribution in [2.24, 2.45) is 0 Å². The molecular weight excluding hydrogens is 453 g/mol. The van der Waals surface area contributed by atoms with Crippen molar-refractivity contribution in [3.05, 3.63) is 96.2 Å². The van der Waals surface area contributed by atoms with Crippen molar-refractivity contribution in [3.63, 3.8) is 0 Å². The maximum atomic E-state index is 13.1. The summed E-state index contributed by atoms with van der Waals surface area (Å²) in [5, 5.41) is 3.04. The first-order chi connectivity index (χ1) is 15.6. The quantitative estimate of drug-likeness (QED) is 0.416. The second-order valence-electron chi connectivity index (χ2n) is 7.51. The molecule has 0 saturated heterocycles. The molecule has 33 heavy (non-hydrogen) atoms. The highest BCUT2D eigenvalue weighted by Crippen LogP contribution is 2.30. The van der Waals surface area contributed by atoms with Crippen molar-refractivity contribution < 1.29 is 26.4 Å². The van der Waals surface area contributed by atoms with Gasteiger partial charge in [0.05, 0.1) is 16.2 Å². The maximum absolute atomic E-state index is 13.1. The molecule has 9 heteroatoms. The molecule has 1 heterocycles. The third kappa shape index (κ3) is 5.09. The predicted octanol–water partition coefficient (Wildman–Crippen LogP) is 5.27. The van der Waals surface area contributed by atoms with Gasteiger partial charge in [-0.15, -0.1) is 0 Å². The Morgan fingerprint density at radius 1 is 0.879 bits per heavy atom. The normalized spacial score (nSPS) is 12.1. The summed E-state index contributed by atoms with van der Waals surface area (Å²) in [4.78, 5) is 12.7. The fourth-order valence-electron chi connectivity index (χ4n) is 3.56. The minimum absolute atomic E-state index is 0.115. The van der Waals surface area contributed by atoms with Crippen LogP contribution in [-0.2, 0) is 33.1 Å². The van der Waals surface area contributed by atoms with Gasteiger partial charge in [-0.3, -0.25) is 4.79 Å². The van der Waals surface area contributed by atoms with E-state index in [1.165, 1.54) is 22.9 Å². The smallest absolute Gasteiger partial charge is 0.337 e. The number of sulfone groups is 1. The Labute approximate surface area is 188 Å². The lowest BCUT2D eigenvalue weighted by Crippen LogP contribution is -2.18. The van der Waals surface area contributed by atoms with Crippen molar-refractivity contribution >= 4 is 32.3 Å². The molecule has 0 radical (unpaired) electrons. The van der Waals surface area contributed by atoms with Gasteiger partial charge in [-0.2, -0.15) is 13.2 Å². The highest BCUT2D eigenvalue weighted by atomic mass is 32.2. The highest BCUT2D eigenvalue weighted by molar-refractivity contribution is 7.90. The van der Waals surface area contributed by atoms with E-state index in [-0.39, 0.29) is 22.9 Å². The van der Waals surface area contributed by atoms with Crippen LogP contribution in [0.25, 0.3) is 10.9 Å². The van der Waals surface area contributed by atoms with Gasteiger partial charge in [-0.05, 0) is 35.9 Å². The van der Waals surface area contributed by atoms with Crippen LogP contribution < -0.4 is 5.32 Å². The van der Waals surface area contributed by atoms with Crippen molar-refractivity contribution in [2.75, 3.05) is 5.32 Å². The van der Waals surface area contributed by atoms with Gasteiger partial charge in [0.2, 0.25) is 5.91 Å². The number of nitrogens with one attached hydrogen (secondary N) is 1. The number of carbonyl (C=O) groups excluding carboxylic acids is 1. The summed E-state index contributed by atoms with van der Waals surface area (Å²) in [7, 11) is -3.69. The van der Waals surface area contributed by atoms with E-state index in [1.54, 1.807) is 54.6 Å². The van der Waals surface area contributed by atoms with Crippen molar-refractivity contribution in [1.29, 1.82) is 0 Å². The molecule has 1 N–H and O–H groups in total. The Hall–Kier alpha value is -3.59. The predicted molar refractivity (Wildman–Crippen MR) is 119 cm³/mol. The molecule has 4 rings (SSSR count). The zero-order valence-corrected chi connectivity index (χ0v) is 18.0. The number of rotatable bonds is 6. The van der Waals surface area contributed by atoms with E-state index in [0.717, 1.165) is 12.1 Å². The van der Waals surface area contributed by atoms with Crippen LogP contribution in [0.3, 0.4) is 0 Å². The minimum atomic E-state index is -4.46. The summed E-state index contributed by atoms with van der Waals surface area (Å²) in [5.41, 5.74) is 0.604. The lowest BCUT2D eigenvalue weighted by atomic mass is 10.2. The Morgan fingerprint density at radius 2 is 1.52 bits per heavy atom. The Bertz CT molecular complexity index is 1390. The molecule has 170 valence electrons.